The predicted molar refractivity (Wildman–Crippen MR) is 1.11 cm³/mol. The molecule has 0 aliphatic heterocycles. The third kappa shape index (κ3) is 36.2. The van der Waals surface area contributed by atoms with Crippen LogP contribution >= 0.6 is 0 Å². The topological polar surface area (TPSA) is 0 Å². The van der Waals surface area contributed by atoms with E-state index in [0.29, 0.717) is 0 Å². The standard InChI is InChI=1S/Ce.Co.Fe.Mn.Ni.Ti.W/p+1. The Kier molecular flexibility index (Phi) is 382. The summed E-state index contributed by atoms with van der Waals surface area (Å²) in [5, 5.41) is 0. The number of hydrogen-bond acceptors (Lipinski definition) is 0. The Hall–Kier alpha value is 4.82. The van der Waals surface area contributed by atoms with Gasteiger partial charge in [0.05, 0.1) is 0 Å². The quantitative estimate of drug-likeness (QED) is 0.346. The summed E-state index contributed by atoms with van der Waals surface area (Å²) >= 11 is 0. The molecule has 48 valence electrons. The van der Waals surface area contributed by atoms with E-state index in [1.54, 1.807) is 0 Å². The molecule has 0 aliphatic carbocycles. The first-order valence-corrected chi connectivity index (χ1v) is 0. The maximum absolute atomic E-state index is 0. The molecule has 0 bridgehead atoms. The third-order valence-electron chi connectivity index (χ3n) is 0. The van der Waals surface area contributed by atoms with Crippen LogP contribution in [-0.2, 0) is 110 Å². The summed E-state index contributed by atoms with van der Waals surface area (Å²) in [4.78, 5) is 0. The summed E-state index contributed by atoms with van der Waals surface area (Å²) < 4.78 is 0. The van der Waals surface area contributed by atoms with Crippen LogP contribution in [0.3, 0.4) is 0 Å². The van der Waals surface area contributed by atoms with Gasteiger partial charge in [0.25, 0.3) is 0 Å². The maximum Gasteiger partial charge on any atom is 1.00 e. The third-order valence-corrected chi connectivity index (χ3v) is 0. The van der Waals surface area contributed by atoms with Crippen molar-refractivity contribution >= 4 is 0 Å². The first-order valence-electron chi connectivity index (χ1n) is 0. The normalized spacial score (nSPS) is 0. The molecular weight excluding hydrogens is 600 g/mol. The van der Waals surface area contributed by atoms with Crippen molar-refractivity contribution in [2.75, 3.05) is 0 Å². The van der Waals surface area contributed by atoms with Crippen LogP contribution in [0.5, 0.6) is 0 Å². The van der Waals surface area contributed by atoms with Gasteiger partial charge in [0, 0.05) is 152 Å². The predicted octanol–water partition coefficient (Wildman–Crippen LogP) is 0.0975. The molecule has 0 aromatic heterocycles. The molecule has 0 amide bonds. The minimum atomic E-state index is 0. The van der Waals surface area contributed by atoms with E-state index in [4.69, 9.17) is 0 Å². The minimum absolute atomic E-state index is 0. The van der Waals surface area contributed by atoms with Gasteiger partial charge in [-0.1, -0.05) is 0 Å². The van der Waals surface area contributed by atoms with Gasteiger partial charge >= 0.3 is 1.43 Å². The SMILES string of the molecule is [Ce].[Co].[Fe].[H+].[Mn].[Ni].[Ti].[W]. The van der Waals surface area contributed by atoms with Crippen LogP contribution in [0.25, 0.3) is 0 Å². The molecule has 7 heavy (non-hydrogen) atoms. The molecule has 0 atom stereocenters. The molecule has 0 aliphatic rings. The molecule has 0 unspecified atom stereocenters. The van der Waals surface area contributed by atoms with Crippen molar-refractivity contribution in [2.45, 2.75) is 0 Å². The second-order valence-corrected chi connectivity index (χ2v) is 0. The molecule has 0 fully saturated rings. The Morgan fingerprint density at radius 1 is 1.14 bits per heavy atom. The van der Waals surface area contributed by atoms with Gasteiger partial charge < -0.3 is 0 Å². The second kappa shape index (κ2) is 44.9. The van der Waals surface area contributed by atoms with Crippen molar-refractivity contribution in [3.63, 3.8) is 0 Å². The number of hydrogen-bond donors (Lipinski definition) is 0. The average Bonchev–Trinajstić information content (AvgIpc) is 0. The first kappa shape index (κ1) is 59.6. The van der Waals surface area contributed by atoms with Crippen molar-refractivity contribution in [1.29, 1.82) is 0 Å². The van der Waals surface area contributed by atoms with Gasteiger partial charge in [-0.3, -0.25) is 0 Å². The van der Waals surface area contributed by atoms with Gasteiger partial charge in [0.2, 0.25) is 0 Å². The minimum Gasteiger partial charge on any atom is 0 e. The molecule has 0 heterocycles. The summed E-state index contributed by atoms with van der Waals surface area (Å²) in [6.07, 6.45) is 0. The largest absolute Gasteiger partial charge is 1.00 e. The summed E-state index contributed by atoms with van der Waals surface area (Å²) in [5.41, 5.74) is 0. The van der Waals surface area contributed by atoms with Gasteiger partial charge in [-0.25, -0.2) is 0 Å². The molecule has 0 N–H and O–H groups in total. The van der Waals surface area contributed by atoms with E-state index >= 15 is 0 Å². The fraction of sp³-hybridized carbons (Fsp3) is 0. The fourth-order valence-corrected chi connectivity index (χ4v) is 0. The maximum atomic E-state index is 0. The van der Waals surface area contributed by atoms with E-state index in [1.807, 2.05) is 0 Å². The Labute approximate surface area is 150 Å². The van der Waals surface area contributed by atoms with Crippen molar-refractivity contribution < 1.29 is 153 Å². The van der Waals surface area contributed by atoms with E-state index in [-0.39, 0.29) is 153 Å². The molecule has 0 rings (SSSR count). The molecule has 0 saturated heterocycles. The van der Waals surface area contributed by atoms with Crippen molar-refractivity contribution in [3.8, 4) is 0 Å². The zero-order valence-electron chi connectivity index (χ0n) is 3.79. The van der Waals surface area contributed by atoms with Crippen LogP contribution in [-0.4, -0.2) is 0 Å². The molecule has 0 aromatic rings. The molecule has 0 aromatic carbocycles. The van der Waals surface area contributed by atoms with E-state index in [0.717, 1.165) is 0 Å². The second-order valence-electron chi connectivity index (χ2n) is 0. The van der Waals surface area contributed by atoms with E-state index in [2.05, 4.69) is 0 Å². The number of rotatable bonds is 0. The smallest absolute Gasteiger partial charge is 0 e. The van der Waals surface area contributed by atoms with Crippen LogP contribution in [0.4, 0.5) is 0 Å². The van der Waals surface area contributed by atoms with Crippen LogP contribution in [0.1, 0.15) is 1.43 Å². The molecule has 0 saturated carbocycles. The summed E-state index contributed by atoms with van der Waals surface area (Å²) in [5.74, 6) is 0. The Morgan fingerprint density at radius 2 is 1.14 bits per heavy atom. The van der Waals surface area contributed by atoms with Gasteiger partial charge in [0.15, 0.2) is 0 Å². The van der Waals surface area contributed by atoms with Crippen LogP contribution < -0.4 is 0 Å². The fourth-order valence-electron chi connectivity index (χ4n) is 0. The van der Waals surface area contributed by atoms with Crippen molar-refractivity contribution in [3.05, 3.63) is 0 Å². The van der Waals surface area contributed by atoms with Gasteiger partial charge in [-0.05, 0) is 0 Å². The van der Waals surface area contributed by atoms with Gasteiger partial charge in [0.1, 0.15) is 0 Å². The summed E-state index contributed by atoms with van der Waals surface area (Å²) in [6.45, 7) is 0. The van der Waals surface area contributed by atoms with E-state index in [9.17, 15) is 0 Å². The molecular formula is HCeCoFeMnNiTiW+. The first-order chi connectivity index (χ1) is 0. The molecule has 0 spiro atoms. The average molecular weight is 601 g/mol. The summed E-state index contributed by atoms with van der Waals surface area (Å²) in [6, 6.07) is 0. The Bertz CT molecular complexity index is 24.0. The Morgan fingerprint density at radius 3 is 1.14 bits per heavy atom. The van der Waals surface area contributed by atoms with Crippen LogP contribution in [0, 0.1) is 41.7 Å². The molecule has 2 radical (unpaired) electrons. The molecule has 7 heteroatoms. The summed E-state index contributed by atoms with van der Waals surface area (Å²) in [7, 11) is 0. The van der Waals surface area contributed by atoms with E-state index in [1.165, 1.54) is 0 Å². The van der Waals surface area contributed by atoms with Crippen LogP contribution in [0.2, 0.25) is 0 Å². The van der Waals surface area contributed by atoms with Crippen LogP contribution in [0.15, 0.2) is 0 Å². The monoisotopic (exact) mass is 601 g/mol. The zero-order valence-corrected chi connectivity index (χ0v) is 14.7. The van der Waals surface area contributed by atoms with Gasteiger partial charge in [-0.2, -0.15) is 0 Å². The van der Waals surface area contributed by atoms with Gasteiger partial charge in [-0.15, -0.1) is 0 Å². The van der Waals surface area contributed by atoms with E-state index < -0.39 is 0 Å². The van der Waals surface area contributed by atoms with Crippen molar-refractivity contribution in [1.82, 2.24) is 0 Å². The van der Waals surface area contributed by atoms with Crippen molar-refractivity contribution in [2.24, 2.45) is 0 Å². The molecule has 0 nitrogen and oxygen atoms in total. The Balaban J connectivity index is 0. The zero-order chi connectivity index (χ0) is 0.